The molecule has 5 heteroatoms. The van der Waals surface area contributed by atoms with Gasteiger partial charge in [0.05, 0.1) is 12.6 Å². The van der Waals surface area contributed by atoms with Gasteiger partial charge in [-0.3, -0.25) is 9.59 Å². The summed E-state index contributed by atoms with van der Waals surface area (Å²) in [5.41, 5.74) is 2.99. The third-order valence-electron chi connectivity index (χ3n) is 4.20. The molecule has 0 aromatic heterocycles. The second-order valence-corrected chi connectivity index (χ2v) is 6.21. The van der Waals surface area contributed by atoms with Gasteiger partial charge in [0.15, 0.2) is 0 Å². The minimum absolute atomic E-state index is 0.00994. The number of anilines is 1. The first-order chi connectivity index (χ1) is 12.1. The Bertz CT molecular complexity index is 746. The first-order valence-corrected chi connectivity index (χ1v) is 8.40. The van der Waals surface area contributed by atoms with E-state index in [2.05, 4.69) is 5.32 Å². The highest BCUT2D eigenvalue weighted by atomic mass is 16.5. The van der Waals surface area contributed by atoms with E-state index in [4.69, 9.17) is 4.74 Å². The molecule has 0 spiro atoms. The highest BCUT2D eigenvalue weighted by Crippen LogP contribution is 2.27. The highest BCUT2D eigenvalue weighted by Gasteiger charge is 2.28. The first-order valence-electron chi connectivity index (χ1n) is 8.40. The Labute approximate surface area is 147 Å². The standard InChI is InChI=1S/C20H22N2O3/c1-15(23)21-18-11-17-9-5-6-10-19(17)22(12-18)20(24)14-25-13-16-7-3-2-4-8-16/h2-10,18H,11-14H2,1H3,(H,21,23). The maximum Gasteiger partial charge on any atom is 0.253 e. The van der Waals surface area contributed by atoms with Crippen LogP contribution in [0, 0.1) is 0 Å². The van der Waals surface area contributed by atoms with Crippen LogP contribution in [0.5, 0.6) is 0 Å². The third-order valence-corrected chi connectivity index (χ3v) is 4.20. The maximum absolute atomic E-state index is 12.7. The van der Waals surface area contributed by atoms with Crippen molar-refractivity contribution in [1.82, 2.24) is 5.32 Å². The molecule has 0 radical (unpaired) electrons. The van der Waals surface area contributed by atoms with Crippen LogP contribution in [-0.2, 0) is 27.4 Å². The number of hydrogen-bond donors (Lipinski definition) is 1. The summed E-state index contributed by atoms with van der Waals surface area (Å²) in [5.74, 6) is -0.185. The van der Waals surface area contributed by atoms with Gasteiger partial charge in [-0.1, -0.05) is 48.5 Å². The van der Waals surface area contributed by atoms with Gasteiger partial charge in [-0.25, -0.2) is 0 Å². The normalized spacial score (nSPS) is 16.2. The smallest absolute Gasteiger partial charge is 0.253 e. The van der Waals surface area contributed by atoms with E-state index in [0.717, 1.165) is 23.2 Å². The Hall–Kier alpha value is -2.66. The second kappa shape index (κ2) is 7.94. The molecular formula is C20H22N2O3. The highest BCUT2D eigenvalue weighted by molar-refractivity contribution is 5.95. The van der Waals surface area contributed by atoms with Crippen LogP contribution in [0.4, 0.5) is 5.69 Å². The van der Waals surface area contributed by atoms with Crippen molar-refractivity contribution in [2.24, 2.45) is 0 Å². The largest absolute Gasteiger partial charge is 0.367 e. The molecule has 3 rings (SSSR count). The molecule has 0 aliphatic carbocycles. The Morgan fingerprint density at radius 3 is 2.60 bits per heavy atom. The molecule has 0 saturated heterocycles. The van der Waals surface area contributed by atoms with E-state index in [0.29, 0.717) is 13.2 Å². The molecule has 1 unspecified atom stereocenters. The molecule has 1 aliphatic heterocycles. The number of ether oxygens (including phenoxy) is 1. The van der Waals surface area contributed by atoms with Crippen molar-refractivity contribution in [3.8, 4) is 0 Å². The zero-order chi connectivity index (χ0) is 17.6. The van der Waals surface area contributed by atoms with Crippen LogP contribution in [0.1, 0.15) is 18.1 Å². The molecule has 2 aromatic rings. The molecule has 1 aliphatic rings. The SMILES string of the molecule is CC(=O)NC1Cc2ccccc2N(C(=O)COCc2ccccc2)C1. The Balaban J connectivity index is 1.66. The van der Waals surface area contributed by atoms with Crippen LogP contribution < -0.4 is 10.2 Å². The molecule has 2 aromatic carbocycles. The Kier molecular flexibility index (Phi) is 5.46. The fraction of sp³-hybridized carbons (Fsp3) is 0.300. The number of para-hydroxylation sites is 1. The van der Waals surface area contributed by atoms with E-state index in [1.54, 1.807) is 4.90 Å². The van der Waals surface area contributed by atoms with Crippen molar-refractivity contribution in [3.05, 3.63) is 65.7 Å². The second-order valence-electron chi connectivity index (χ2n) is 6.21. The molecule has 0 fully saturated rings. The number of benzene rings is 2. The van der Waals surface area contributed by atoms with Crippen LogP contribution in [0.15, 0.2) is 54.6 Å². The van der Waals surface area contributed by atoms with Gasteiger partial charge in [0.25, 0.3) is 5.91 Å². The van der Waals surface area contributed by atoms with E-state index in [-0.39, 0.29) is 24.5 Å². The van der Waals surface area contributed by atoms with Crippen LogP contribution in [0.3, 0.4) is 0 Å². The molecular weight excluding hydrogens is 316 g/mol. The summed E-state index contributed by atoms with van der Waals surface area (Å²) in [6, 6.07) is 17.5. The van der Waals surface area contributed by atoms with E-state index in [1.165, 1.54) is 6.92 Å². The molecule has 2 amide bonds. The third kappa shape index (κ3) is 4.45. The predicted octanol–water partition coefficient (Wildman–Crippen LogP) is 2.30. The lowest BCUT2D eigenvalue weighted by Crippen LogP contribution is -2.50. The van der Waals surface area contributed by atoms with Crippen molar-refractivity contribution in [2.45, 2.75) is 26.0 Å². The van der Waals surface area contributed by atoms with Crippen molar-refractivity contribution in [1.29, 1.82) is 0 Å². The van der Waals surface area contributed by atoms with Crippen molar-refractivity contribution in [2.75, 3.05) is 18.1 Å². The first kappa shape index (κ1) is 17.2. The van der Waals surface area contributed by atoms with Gasteiger partial charge >= 0.3 is 0 Å². The van der Waals surface area contributed by atoms with Crippen LogP contribution in [0.25, 0.3) is 0 Å². The summed E-state index contributed by atoms with van der Waals surface area (Å²) in [7, 11) is 0. The summed E-state index contributed by atoms with van der Waals surface area (Å²) < 4.78 is 5.59. The lowest BCUT2D eigenvalue weighted by molar-refractivity contribution is -0.124. The fourth-order valence-corrected chi connectivity index (χ4v) is 3.12. The van der Waals surface area contributed by atoms with Crippen LogP contribution >= 0.6 is 0 Å². The number of nitrogens with zero attached hydrogens (tertiary/aromatic N) is 1. The van der Waals surface area contributed by atoms with Crippen molar-refractivity contribution >= 4 is 17.5 Å². The lowest BCUT2D eigenvalue weighted by Gasteiger charge is -2.34. The average molecular weight is 338 g/mol. The monoisotopic (exact) mass is 338 g/mol. The molecule has 1 heterocycles. The maximum atomic E-state index is 12.7. The summed E-state index contributed by atoms with van der Waals surface area (Å²) in [4.78, 5) is 25.8. The molecule has 0 saturated carbocycles. The topological polar surface area (TPSA) is 58.6 Å². The van der Waals surface area contributed by atoms with Crippen molar-refractivity contribution < 1.29 is 14.3 Å². The summed E-state index contributed by atoms with van der Waals surface area (Å²) in [5, 5.41) is 2.92. The summed E-state index contributed by atoms with van der Waals surface area (Å²) >= 11 is 0. The zero-order valence-electron chi connectivity index (χ0n) is 14.3. The molecule has 25 heavy (non-hydrogen) atoms. The minimum atomic E-state index is -0.0987. The minimum Gasteiger partial charge on any atom is -0.367 e. The van der Waals surface area contributed by atoms with E-state index in [9.17, 15) is 9.59 Å². The summed E-state index contributed by atoms with van der Waals surface area (Å²) in [6.07, 6.45) is 0.727. The molecule has 1 atom stereocenters. The Morgan fingerprint density at radius 2 is 1.84 bits per heavy atom. The van der Waals surface area contributed by atoms with Gasteiger partial charge in [0.2, 0.25) is 5.91 Å². The van der Waals surface area contributed by atoms with Crippen LogP contribution in [0.2, 0.25) is 0 Å². The van der Waals surface area contributed by atoms with E-state index in [1.807, 2.05) is 54.6 Å². The van der Waals surface area contributed by atoms with Gasteiger partial charge in [0.1, 0.15) is 6.61 Å². The van der Waals surface area contributed by atoms with E-state index >= 15 is 0 Å². The van der Waals surface area contributed by atoms with Gasteiger partial charge < -0.3 is 15.0 Å². The molecule has 0 bridgehead atoms. The average Bonchev–Trinajstić information content (AvgIpc) is 2.61. The number of fused-ring (bicyclic) bond motifs is 1. The fourth-order valence-electron chi connectivity index (χ4n) is 3.12. The van der Waals surface area contributed by atoms with Gasteiger partial charge in [-0.05, 0) is 23.6 Å². The lowest BCUT2D eigenvalue weighted by atomic mass is 9.97. The number of rotatable bonds is 5. The molecule has 130 valence electrons. The molecule has 1 N–H and O–H groups in total. The number of carbonyl (C=O) groups is 2. The number of hydrogen-bond acceptors (Lipinski definition) is 3. The number of carbonyl (C=O) groups excluding carboxylic acids is 2. The van der Waals surface area contributed by atoms with Gasteiger partial charge in [-0.15, -0.1) is 0 Å². The zero-order valence-corrected chi connectivity index (χ0v) is 14.3. The summed E-state index contributed by atoms with van der Waals surface area (Å²) in [6.45, 7) is 2.37. The van der Waals surface area contributed by atoms with Gasteiger partial charge in [0, 0.05) is 19.2 Å². The Morgan fingerprint density at radius 1 is 1.12 bits per heavy atom. The number of nitrogens with one attached hydrogen (secondary N) is 1. The number of amides is 2. The quantitative estimate of drug-likeness (QED) is 0.910. The van der Waals surface area contributed by atoms with E-state index < -0.39 is 0 Å². The molecule has 5 nitrogen and oxygen atoms in total. The predicted molar refractivity (Wildman–Crippen MR) is 96.2 cm³/mol. The van der Waals surface area contributed by atoms with Gasteiger partial charge in [-0.2, -0.15) is 0 Å². The van der Waals surface area contributed by atoms with Crippen LogP contribution in [-0.4, -0.2) is 31.0 Å². The van der Waals surface area contributed by atoms with Crippen molar-refractivity contribution in [3.63, 3.8) is 0 Å².